The standard InChI is InChI=1S/C17H26N2O3/c1-14(2)22-13-7-12-19-17(21)16(20)18-11-6-10-15-8-4-3-5-9-15/h3-5,8-9,14H,6-7,10-13H2,1-2H3,(H,18,20)(H,19,21). The third kappa shape index (κ3) is 8.42. The maximum absolute atomic E-state index is 11.6. The van der Waals surface area contributed by atoms with Gasteiger partial charge in [0, 0.05) is 19.7 Å². The highest BCUT2D eigenvalue weighted by Crippen LogP contribution is 2.01. The van der Waals surface area contributed by atoms with Crippen molar-refractivity contribution >= 4 is 11.8 Å². The van der Waals surface area contributed by atoms with Gasteiger partial charge in [-0.25, -0.2) is 0 Å². The molecule has 0 heterocycles. The highest BCUT2D eigenvalue weighted by atomic mass is 16.5. The fourth-order valence-corrected chi connectivity index (χ4v) is 1.89. The molecule has 0 saturated carbocycles. The van der Waals surface area contributed by atoms with Crippen molar-refractivity contribution in [1.82, 2.24) is 10.6 Å². The number of aryl methyl sites for hydroxylation is 1. The molecule has 0 unspecified atom stereocenters. The van der Waals surface area contributed by atoms with Crippen molar-refractivity contribution in [2.75, 3.05) is 19.7 Å². The summed E-state index contributed by atoms with van der Waals surface area (Å²) in [6.07, 6.45) is 2.58. The second-order valence-corrected chi connectivity index (χ2v) is 5.37. The molecular weight excluding hydrogens is 280 g/mol. The first-order valence-electron chi connectivity index (χ1n) is 7.81. The summed E-state index contributed by atoms with van der Waals surface area (Å²) in [4.78, 5) is 23.1. The summed E-state index contributed by atoms with van der Waals surface area (Å²) in [5.74, 6) is -1.15. The fourth-order valence-electron chi connectivity index (χ4n) is 1.89. The largest absolute Gasteiger partial charge is 0.379 e. The van der Waals surface area contributed by atoms with E-state index in [1.165, 1.54) is 5.56 Å². The molecule has 122 valence electrons. The minimum atomic E-state index is -0.579. The van der Waals surface area contributed by atoms with Crippen LogP contribution in [0.2, 0.25) is 0 Å². The summed E-state index contributed by atoms with van der Waals surface area (Å²) >= 11 is 0. The van der Waals surface area contributed by atoms with Crippen LogP contribution < -0.4 is 10.6 Å². The number of carbonyl (C=O) groups excluding carboxylic acids is 2. The maximum Gasteiger partial charge on any atom is 0.309 e. The van der Waals surface area contributed by atoms with E-state index >= 15 is 0 Å². The summed E-state index contributed by atoms with van der Waals surface area (Å²) in [6, 6.07) is 10.1. The van der Waals surface area contributed by atoms with Crippen molar-refractivity contribution in [1.29, 1.82) is 0 Å². The van der Waals surface area contributed by atoms with Gasteiger partial charge in [-0.15, -0.1) is 0 Å². The summed E-state index contributed by atoms with van der Waals surface area (Å²) in [5, 5.41) is 5.21. The second-order valence-electron chi connectivity index (χ2n) is 5.37. The molecule has 1 aromatic rings. The third-order valence-electron chi connectivity index (χ3n) is 3.03. The average Bonchev–Trinajstić information content (AvgIpc) is 2.51. The Labute approximate surface area is 132 Å². The molecule has 22 heavy (non-hydrogen) atoms. The number of amides is 2. The molecule has 0 aromatic heterocycles. The summed E-state index contributed by atoms with van der Waals surface area (Å²) in [7, 11) is 0. The van der Waals surface area contributed by atoms with Crippen molar-refractivity contribution in [3.8, 4) is 0 Å². The van der Waals surface area contributed by atoms with Crippen molar-refractivity contribution in [2.45, 2.75) is 39.2 Å². The van der Waals surface area contributed by atoms with Gasteiger partial charge in [-0.2, -0.15) is 0 Å². The summed E-state index contributed by atoms with van der Waals surface area (Å²) < 4.78 is 5.35. The van der Waals surface area contributed by atoms with Gasteiger partial charge >= 0.3 is 11.8 Å². The van der Waals surface area contributed by atoms with E-state index in [4.69, 9.17) is 4.74 Å². The molecule has 0 spiro atoms. The van der Waals surface area contributed by atoms with Gasteiger partial charge in [-0.05, 0) is 38.7 Å². The zero-order valence-corrected chi connectivity index (χ0v) is 13.4. The Kier molecular flexibility index (Phi) is 8.91. The van der Waals surface area contributed by atoms with Crippen molar-refractivity contribution in [3.05, 3.63) is 35.9 Å². The third-order valence-corrected chi connectivity index (χ3v) is 3.03. The SMILES string of the molecule is CC(C)OCCCNC(=O)C(=O)NCCCc1ccccc1. The molecule has 1 aromatic carbocycles. The molecule has 0 aliphatic heterocycles. The zero-order chi connectivity index (χ0) is 16.2. The molecule has 5 heteroatoms. The average molecular weight is 306 g/mol. The van der Waals surface area contributed by atoms with E-state index in [0.717, 1.165) is 12.8 Å². The lowest BCUT2D eigenvalue weighted by Gasteiger charge is -2.08. The van der Waals surface area contributed by atoms with Crippen LogP contribution in [0.1, 0.15) is 32.3 Å². The number of nitrogens with one attached hydrogen (secondary N) is 2. The predicted octanol–water partition coefficient (Wildman–Crippen LogP) is 1.67. The quantitative estimate of drug-likeness (QED) is 0.539. The van der Waals surface area contributed by atoms with Crippen LogP contribution in [0, 0.1) is 0 Å². The molecule has 0 radical (unpaired) electrons. The topological polar surface area (TPSA) is 67.4 Å². The number of rotatable bonds is 9. The van der Waals surface area contributed by atoms with E-state index in [1.54, 1.807) is 0 Å². The van der Waals surface area contributed by atoms with Crippen LogP contribution in [-0.2, 0) is 20.7 Å². The van der Waals surface area contributed by atoms with E-state index in [1.807, 2.05) is 44.2 Å². The number of carbonyl (C=O) groups is 2. The van der Waals surface area contributed by atoms with Crippen LogP contribution >= 0.6 is 0 Å². The van der Waals surface area contributed by atoms with Gasteiger partial charge in [0.2, 0.25) is 0 Å². The van der Waals surface area contributed by atoms with Crippen molar-refractivity contribution in [3.63, 3.8) is 0 Å². The Balaban J connectivity index is 2.05. The Morgan fingerprint density at radius 2 is 1.59 bits per heavy atom. The van der Waals surface area contributed by atoms with Crippen LogP contribution in [0.5, 0.6) is 0 Å². The first kappa shape index (κ1) is 18.2. The maximum atomic E-state index is 11.6. The molecule has 0 saturated heterocycles. The summed E-state index contributed by atoms with van der Waals surface area (Å²) in [6.45, 7) is 5.44. The van der Waals surface area contributed by atoms with Gasteiger partial charge < -0.3 is 15.4 Å². The molecule has 0 aliphatic rings. The normalized spacial score (nSPS) is 10.5. The van der Waals surface area contributed by atoms with Gasteiger partial charge in [-0.1, -0.05) is 30.3 Å². The molecule has 0 aliphatic carbocycles. The van der Waals surface area contributed by atoms with Crippen LogP contribution in [0.4, 0.5) is 0 Å². The monoisotopic (exact) mass is 306 g/mol. The Hall–Kier alpha value is -1.88. The molecular formula is C17H26N2O3. The zero-order valence-electron chi connectivity index (χ0n) is 13.4. The molecule has 5 nitrogen and oxygen atoms in total. The predicted molar refractivity (Wildman–Crippen MR) is 86.5 cm³/mol. The highest BCUT2D eigenvalue weighted by molar-refractivity contribution is 6.35. The molecule has 2 N–H and O–H groups in total. The van der Waals surface area contributed by atoms with E-state index < -0.39 is 11.8 Å². The van der Waals surface area contributed by atoms with Crippen LogP contribution in [0.3, 0.4) is 0 Å². The van der Waals surface area contributed by atoms with E-state index in [-0.39, 0.29) is 6.10 Å². The lowest BCUT2D eigenvalue weighted by Crippen LogP contribution is -2.40. The molecule has 2 amide bonds. The smallest absolute Gasteiger partial charge is 0.309 e. The fraction of sp³-hybridized carbons (Fsp3) is 0.529. The minimum absolute atomic E-state index is 0.184. The van der Waals surface area contributed by atoms with E-state index in [9.17, 15) is 9.59 Å². The van der Waals surface area contributed by atoms with E-state index in [0.29, 0.717) is 26.1 Å². The van der Waals surface area contributed by atoms with Crippen LogP contribution in [-0.4, -0.2) is 37.6 Å². The first-order valence-corrected chi connectivity index (χ1v) is 7.81. The number of hydrogen-bond acceptors (Lipinski definition) is 3. The van der Waals surface area contributed by atoms with Crippen molar-refractivity contribution < 1.29 is 14.3 Å². The van der Waals surface area contributed by atoms with Gasteiger partial charge in [0.05, 0.1) is 6.10 Å². The Morgan fingerprint density at radius 3 is 2.18 bits per heavy atom. The van der Waals surface area contributed by atoms with E-state index in [2.05, 4.69) is 10.6 Å². The molecule has 0 fully saturated rings. The second kappa shape index (κ2) is 10.8. The van der Waals surface area contributed by atoms with Gasteiger partial charge in [0.1, 0.15) is 0 Å². The van der Waals surface area contributed by atoms with Crippen molar-refractivity contribution in [2.24, 2.45) is 0 Å². The van der Waals surface area contributed by atoms with Gasteiger partial charge in [0.15, 0.2) is 0 Å². The molecule has 0 bridgehead atoms. The number of hydrogen-bond donors (Lipinski definition) is 2. The van der Waals surface area contributed by atoms with Crippen LogP contribution in [0.15, 0.2) is 30.3 Å². The van der Waals surface area contributed by atoms with Gasteiger partial charge in [-0.3, -0.25) is 9.59 Å². The number of ether oxygens (including phenoxy) is 1. The first-order chi connectivity index (χ1) is 10.6. The molecule has 0 atom stereocenters. The highest BCUT2D eigenvalue weighted by Gasteiger charge is 2.11. The number of benzene rings is 1. The van der Waals surface area contributed by atoms with Crippen LogP contribution in [0.25, 0.3) is 0 Å². The molecule has 1 rings (SSSR count). The van der Waals surface area contributed by atoms with Gasteiger partial charge in [0.25, 0.3) is 0 Å². The lowest BCUT2D eigenvalue weighted by atomic mass is 10.1. The Bertz CT molecular complexity index is 446. The minimum Gasteiger partial charge on any atom is -0.379 e. The summed E-state index contributed by atoms with van der Waals surface area (Å²) in [5.41, 5.74) is 1.23. The lowest BCUT2D eigenvalue weighted by molar-refractivity contribution is -0.139. The Morgan fingerprint density at radius 1 is 1.00 bits per heavy atom.